The Morgan fingerprint density at radius 1 is 1.11 bits per heavy atom. The van der Waals surface area contributed by atoms with Gasteiger partial charge < -0.3 is 4.74 Å². The summed E-state index contributed by atoms with van der Waals surface area (Å²) >= 11 is 0. The first-order valence-corrected chi connectivity index (χ1v) is 10.6. The zero-order valence-corrected chi connectivity index (χ0v) is 17.5. The van der Waals surface area contributed by atoms with Gasteiger partial charge in [0.25, 0.3) is 0 Å². The maximum atomic E-state index is 13.0. The average Bonchev–Trinajstić information content (AvgIpc) is 3.01. The number of H-pyrrole nitrogens is 1. The van der Waals surface area contributed by atoms with Crippen molar-refractivity contribution in [1.29, 1.82) is 0 Å². The van der Waals surface area contributed by atoms with Crippen LogP contribution in [0, 0.1) is 11.3 Å². The Kier molecular flexibility index (Phi) is 8.06. The number of carbonyl (C=O) groups is 2. The first kappa shape index (κ1) is 21.6. The molecule has 1 atom stereocenters. The predicted molar refractivity (Wildman–Crippen MR) is 107 cm³/mol. The zero-order chi connectivity index (χ0) is 19.9. The van der Waals surface area contributed by atoms with Crippen molar-refractivity contribution in [3.63, 3.8) is 0 Å². The third-order valence-electron chi connectivity index (χ3n) is 5.79. The number of aryl methyl sites for hydroxylation is 1. The van der Waals surface area contributed by atoms with E-state index in [-0.39, 0.29) is 5.78 Å². The van der Waals surface area contributed by atoms with Gasteiger partial charge in [-0.1, -0.05) is 72.1 Å². The summed E-state index contributed by atoms with van der Waals surface area (Å²) in [5, 5.41) is 7.45. The highest BCUT2D eigenvalue weighted by Crippen LogP contribution is 2.40. The molecule has 0 saturated carbocycles. The summed E-state index contributed by atoms with van der Waals surface area (Å²) in [5.74, 6) is -1.31. The van der Waals surface area contributed by atoms with Gasteiger partial charge in [0.15, 0.2) is 5.78 Å². The lowest BCUT2D eigenvalue weighted by Crippen LogP contribution is -2.43. The topological polar surface area (TPSA) is 72.0 Å². The molecule has 27 heavy (non-hydrogen) atoms. The summed E-state index contributed by atoms with van der Waals surface area (Å²) in [7, 11) is 1.35. The molecule has 0 unspecified atom stereocenters. The summed E-state index contributed by atoms with van der Waals surface area (Å²) in [6, 6.07) is 0. The van der Waals surface area contributed by atoms with Crippen LogP contribution in [0.15, 0.2) is 0 Å². The molecule has 0 fully saturated rings. The predicted octanol–water partition coefficient (Wildman–Crippen LogP) is 5.04. The van der Waals surface area contributed by atoms with E-state index in [9.17, 15) is 9.59 Å². The fourth-order valence-corrected chi connectivity index (χ4v) is 4.22. The Balaban J connectivity index is 1.87. The first-order chi connectivity index (χ1) is 12.9. The van der Waals surface area contributed by atoms with Gasteiger partial charge in [-0.05, 0) is 24.7 Å². The van der Waals surface area contributed by atoms with E-state index in [4.69, 9.17) is 4.74 Å². The molecule has 0 bridgehead atoms. The van der Waals surface area contributed by atoms with Gasteiger partial charge in [0.1, 0.15) is 5.92 Å². The van der Waals surface area contributed by atoms with Crippen LogP contribution < -0.4 is 0 Å². The van der Waals surface area contributed by atoms with Crippen LogP contribution in [0.1, 0.15) is 100 Å². The van der Waals surface area contributed by atoms with Crippen molar-refractivity contribution in [2.24, 2.45) is 11.3 Å². The summed E-state index contributed by atoms with van der Waals surface area (Å²) in [4.78, 5) is 25.2. The normalized spacial score (nSPS) is 18.4. The number of ether oxygens (including phenoxy) is 1. The number of hydrogen-bond acceptors (Lipinski definition) is 4. The molecule has 0 spiro atoms. The molecule has 1 aromatic heterocycles. The highest BCUT2D eigenvalue weighted by molar-refractivity contribution is 6.11. The fraction of sp³-hybridized carbons (Fsp3) is 0.773. The Bertz CT molecular complexity index is 634. The van der Waals surface area contributed by atoms with E-state index in [1.807, 2.05) is 13.8 Å². The molecule has 1 aromatic rings. The van der Waals surface area contributed by atoms with Crippen LogP contribution in [0.25, 0.3) is 0 Å². The molecule has 0 aromatic carbocycles. The van der Waals surface area contributed by atoms with Crippen LogP contribution in [0.2, 0.25) is 0 Å². The summed E-state index contributed by atoms with van der Waals surface area (Å²) < 4.78 is 4.90. The lowest BCUT2D eigenvalue weighted by molar-refractivity contribution is -0.147. The van der Waals surface area contributed by atoms with Crippen molar-refractivity contribution in [2.45, 2.75) is 91.4 Å². The van der Waals surface area contributed by atoms with E-state index in [1.165, 1.54) is 52.1 Å². The standard InChI is InChI=1S/C22H36N2O3/c1-5-6-7-8-9-10-11-12-13-14-16-18-17(24-23-16)15-22(2,3)19(20(18)25)21(26)27-4/h19H,5-15H2,1-4H3,(H,23,24)/t19-/m0/s1. The van der Waals surface area contributed by atoms with Crippen molar-refractivity contribution in [3.05, 3.63) is 17.0 Å². The number of methoxy groups -OCH3 is 1. The molecule has 0 amide bonds. The summed E-state index contributed by atoms with van der Waals surface area (Å²) in [5.41, 5.74) is 1.88. The molecular weight excluding hydrogens is 340 g/mol. The molecule has 5 heteroatoms. The van der Waals surface area contributed by atoms with E-state index >= 15 is 0 Å². The van der Waals surface area contributed by atoms with Gasteiger partial charge in [-0.3, -0.25) is 14.7 Å². The summed E-state index contributed by atoms with van der Waals surface area (Å²) in [6.45, 7) is 6.12. The number of hydrogen-bond donors (Lipinski definition) is 1. The van der Waals surface area contributed by atoms with Crippen LogP contribution in [0.4, 0.5) is 0 Å². The number of rotatable bonds is 11. The molecule has 1 N–H and O–H groups in total. The molecule has 1 aliphatic carbocycles. The van der Waals surface area contributed by atoms with Crippen LogP contribution in [0.3, 0.4) is 0 Å². The molecule has 2 rings (SSSR count). The number of carbonyl (C=O) groups excluding carboxylic acids is 2. The largest absolute Gasteiger partial charge is 0.468 e. The minimum atomic E-state index is -0.741. The Morgan fingerprint density at radius 3 is 2.30 bits per heavy atom. The van der Waals surface area contributed by atoms with Crippen molar-refractivity contribution in [1.82, 2.24) is 10.2 Å². The number of fused-ring (bicyclic) bond motifs is 1. The van der Waals surface area contributed by atoms with Crippen LogP contribution >= 0.6 is 0 Å². The number of unbranched alkanes of at least 4 members (excludes halogenated alkanes) is 8. The quantitative estimate of drug-likeness (QED) is 0.334. The number of esters is 1. The molecule has 1 heterocycles. The number of nitrogens with zero attached hydrogens (tertiary/aromatic N) is 1. The van der Waals surface area contributed by atoms with Crippen LogP contribution in [0.5, 0.6) is 0 Å². The average molecular weight is 377 g/mol. The Hall–Kier alpha value is -1.65. The van der Waals surface area contributed by atoms with E-state index in [2.05, 4.69) is 17.1 Å². The van der Waals surface area contributed by atoms with Crippen LogP contribution in [-0.4, -0.2) is 29.1 Å². The third-order valence-corrected chi connectivity index (χ3v) is 5.79. The number of nitrogens with one attached hydrogen (secondary N) is 1. The molecule has 5 nitrogen and oxygen atoms in total. The van der Waals surface area contributed by atoms with E-state index in [1.54, 1.807) is 0 Å². The fourth-order valence-electron chi connectivity index (χ4n) is 4.22. The Labute approximate surface area is 163 Å². The van der Waals surface area contributed by atoms with Crippen molar-refractivity contribution < 1.29 is 14.3 Å². The molecule has 0 saturated heterocycles. The Morgan fingerprint density at radius 2 is 1.70 bits per heavy atom. The maximum Gasteiger partial charge on any atom is 0.317 e. The monoisotopic (exact) mass is 376 g/mol. The molecule has 1 aliphatic rings. The molecule has 152 valence electrons. The third kappa shape index (κ3) is 5.43. The number of aromatic amines is 1. The first-order valence-electron chi connectivity index (χ1n) is 10.6. The van der Waals surface area contributed by atoms with Crippen molar-refractivity contribution in [3.8, 4) is 0 Å². The van der Waals surface area contributed by atoms with Crippen LogP contribution in [-0.2, 0) is 22.4 Å². The van der Waals surface area contributed by atoms with Gasteiger partial charge in [0.05, 0.1) is 18.4 Å². The summed E-state index contributed by atoms with van der Waals surface area (Å²) in [6.07, 6.45) is 12.8. The van der Waals surface area contributed by atoms with Gasteiger partial charge in [0, 0.05) is 5.69 Å². The molecule has 0 radical (unpaired) electrons. The zero-order valence-electron chi connectivity index (χ0n) is 17.5. The smallest absolute Gasteiger partial charge is 0.317 e. The van der Waals surface area contributed by atoms with E-state index in [0.29, 0.717) is 12.0 Å². The molecular formula is C22H36N2O3. The molecule has 0 aliphatic heterocycles. The highest BCUT2D eigenvalue weighted by Gasteiger charge is 2.48. The van der Waals surface area contributed by atoms with Crippen molar-refractivity contribution in [2.75, 3.05) is 7.11 Å². The number of aromatic nitrogens is 2. The maximum absolute atomic E-state index is 13.0. The number of Topliss-reactive ketones (excluding diaryl/α,β-unsaturated/α-hetero) is 1. The minimum Gasteiger partial charge on any atom is -0.468 e. The van der Waals surface area contributed by atoms with Gasteiger partial charge in [-0.2, -0.15) is 5.10 Å². The second-order valence-corrected chi connectivity index (χ2v) is 8.59. The van der Waals surface area contributed by atoms with Crippen molar-refractivity contribution >= 4 is 11.8 Å². The SMILES string of the molecule is CCCCCCCCCCCc1n[nH]c2c1C(=O)[C@@H](C(=O)OC)C(C)(C)C2. The van der Waals surface area contributed by atoms with Gasteiger partial charge >= 0.3 is 5.97 Å². The number of ketones is 1. The lowest BCUT2D eigenvalue weighted by Gasteiger charge is -2.35. The lowest BCUT2D eigenvalue weighted by atomic mass is 9.67. The minimum absolute atomic E-state index is 0.132. The highest BCUT2D eigenvalue weighted by atomic mass is 16.5. The van der Waals surface area contributed by atoms with Gasteiger partial charge in [-0.15, -0.1) is 0 Å². The van der Waals surface area contributed by atoms with Gasteiger partial charge in [0.2, 0.25) is 0 Å². The van der Waals surface area contributed by atoms with E-state index in [0.717, 1.165) is 30.7 Å². The van der Waals surface area contributed by atoms with Gasteiger partial charge in [-0.25, -0.2) is 0 Å². The second kappa shape index (κ2) is 10.0. The second-order valence-electron chi connectivity index (χ2n) is 8.59. The van der Waals surface area contributed by atoms with E-state index < -0.39 is 17.3 Å².